The molecule has 1 rings (SSSR count). The molecule has 0 amide bonds. The summed E-state index contributed by atoms with van der Waals surface area (Å²) in [4.78, 5) is 0. The summed E-state index contributed by atoms with van der Waals surface area (Å²) in [5.74, 6) is 0. The van der Waals surface area contributed by atoms with Gasteiger partial charge < -0.3 is 5.11 Å². The van der Waals surface area contributed by atoms with Crippen LogP contribution in [-0.4, -0.2) is 5.11 Å². The van der Waals surface area contributed by atoms with Crippen molar-refractivity contribution in [3.05, 3.63) is 35.4 Å². The van der Waals surface area contributed by atoms with Gasteiger partial charge in [-0.2, -0.15) is 0 Å². The Morgan fingerprint density at radius 3 is 2.38 bits per heavy atom. The van der Waals surface area contributed by atoms with E-state index in [1.165, 1.54) is 0 Å². The molecule has 0 bridgehead atoms. The van der Waals surface area contributed by atoms with Crippen molar-refractivity contribution in [2.45, 2.75) is 16.8 Å². The topological polar surface area (TPSA) is 20.2 Å². The maximum absolute atomic E-state index is 9.28. The first kappa shape index (κ1) is 11.1. The molecule has 72 valence electrons. The van der Waals surface area contributed by atoms with E-state index in [9.17, 15) is 5.11 Å². The van der Waals surface area contributed by atoms with Gasteiger partial charge in [0.2, 0.25) is 3.79 Å². The molecule has 13 heavy (non-hydrogen) atoms. The van der Waals surface area contributed by atoms with Crippen molar-refractivity contribution in [2.24, 2.45) is 0 Å². The average Bonchev–Trinajstić information content (AvgIpc) is 2.03. The fourth-order valence-electron chi connectivity index (χ4n) is 0.975. The van der Waals surface area contributed by atoms with Crippen LogP contribution in [0.5, 0.6) is 0 Å². The first-order chi connectivity index (χ1) is 5.91. The van der Waals surface area contributed by atoms with Crippen LogP contribution in [0.2, 0.25) is 0 Å². The molecule has 1 aromatic rings. The van der Waals surface area contributed by atoms with E-state index >= 15 is 0 Å². The lowest BCUT2D eigenvalue weighted by Gasteiger charge is -2.13. The molecule has 1 atom stereocenters. The van der Waals surface area contributed by atoms with Crippen LogP contribution in [0.4, 0.5) is 0 Å². The second-order valence-corrected chi connectivity index (χ2v) is 5.08. The van der Waals surface area contributed by atoms with Gasteiger partial charge in [-0.05, 0) is 18.6 Å². The third kappa shape index (κ3) is 3.03. The Hall–Kier alpha value is 0.0500. The fourth-order valence-corrected chi connectivity index (χ4v) is 1.33. The Morgan fingerprint density at radius 1 is 1.31 bits per heavy atom. The Kier molecular flexibility index (Phi) is 3.47. The summed E-state index contributed by atoms with van der Waals surface area (Å²) >= 11 is 17.1. The molecule has 1 N–H and O–H groups in total. The quantitative estimate of drug-likeness (QED) is 0.743. The Morgan fingerprint density at radius 2 is 1.92 bits per heavy atom. The van der Waals surface area contributed by atoms with Gasteiger partial charge in [0.1, 0.15) is 0 Å². The standard InChI is InChI=1S/C9H9Cl3O/c1-6(13)7-3-2-4-8(5-7)9(10,11)12/h2-6,13H,1H3. The molecule has 0 aliphatic rings. The monoisotopic (exact) mass is 238 g/mol. The summed E-state index contributed by atoms with van der Waals surface area (Å²) < 4.78 is -1.43. The first-order valence-corrected chi connectivity index (χ1v) is 4.90. The third-order valence-corrected chi connectivity index (χ3v) is 2.35. The Balaban J connectivity index is 3.06. The van der Waals surface area contributed by atoms with Crippen molar-refractivity contribution in [3.8, 4) is 0 Å². The van der Waals surface area contributed by atoms with Crippen LogP contribution < -0.4 is 0 Å². The molecule has 0 aliphatic carbocycles. The van der Waals surface area contributed by atoms with Crippen LogP contribution in [0.3, 0.4) is 0 Å². The Labute approximate surface area is 92.2 Å². The normalized spacial score (nSPS) is 14.2. The van der Waals surface area contributed by atoms with Crippen molar-refractivity contribution in [3.63, 3.8) is 0 Å². The highest BCUT2D eigenvalue weighted by atomic mass is 35.6. The molecule has 1 nitrogen and oxygen atoms in total. The largest absolute Gasteiger partial charge is 0.389 e. The summed E-state index contributed by atoms with van der Waals surface area (Å²) in [7, 11) is 0. The summed E-state index contributed by atoms with van der Waals surface area (Å²) in [6, 6.07) is 6.92. The highest BCUT2D eigenvalue weighted by Gasteiger charge is 2.22. The van der Waals surface area contributed by atoms with Gasteiger partial charge in [0.25, 0.3) is 0 Å². The molecule has 0 heterocycles. The maximum atomic E-state index is 9.28. The lowest BCUT2D eigenvalue weighted by atomic mass is 10.1. The SMILES string of the molecule is CC(O)c1cccc(C(Cl)(Cl)Cl)c1. The number of hydrogen-bond acceptors (Lipinski definition) is 1. The highest BCUT2D eigenvalue weighted by molar-refractivity contribution is 6.66. The van der Waals surface area contributed by atoms with E-state index in [-0.39, 0.29) is 0 Å². The fraction of sp³-hybridized carbons (Fsp3) is 0.333. The molecule has 1 aromatic carbocycles. The summed E-state index contributed by atoms with van der Waals surface area (Å²) in [5, 5.41) is 9.28. The lowest BCUT2D eigenvalue weighted by molar-refractivity contribution is 0.199. The smallest absolute Gasteiger partial charge is 0.216 e. The van der Waals surface area contributed by atoms with Crippen LogP contribution in [0.25, 0.3) is 0 Å². The second-order valence-electron chi connectivity index (χ2n) is 2.80. The first-order valence-electron chi connectivity index (χ1n) is 3.76. The van der Waals surface area contributed by atoms with Crippen molar-refractivity contribution in [1.29, 1.82) is 0 Å². The molecular formula is C9H9Cl3O. The molecule has 0 saturated heterocycles. The predicted octanol–water partition coefficient (Wildman–Crippen LogP) is 3.57. The summed E-state index contributed by atoms with van der Waals surface area (Å²) in [6.45, 7) is 1.66. The molecule has 4 heteroatoms. The maximum Gasteiger partial charge on any atom is 0.216 e. The molecule has 0 radical (unpaired) electrons. The van der Waals surface area contributed by atoms with Gasteiger partial charge in [-0.15, -0.1) is 0 Å². The molecule has 0 fully saturated rings. The molecule has 0 saturated carbocycles. The van der Waals surface area contributed by atoms with Crippen molar-refractivity contribution >= 4 is 34.8 Å². The van der Waals surface area contributed by atoms with E-state index in [0.29, 0.717) is 5.56 Å². The third-order valence-electron chi connectivity index (χ3n) is 1.70. The van der Waals surface area contributed by atoms with Gasteiger partial charge in [-0.1, -0.05) is 53.0 Å². The van der Waals surface area contributed by atoms with Crippen LogP contribution in [0.1, 0.15) is 24.2 Å². The van der Waals surface area contributed by atoms with Crippen molar-refractivity contribution in [2.75, 3.05) is 0 Å². The van der Waals surface area contributed by atoms with E-state index < -0.39 is 9.90 Å². The average molecular weight is 240 g/mol. The number of aliphatic hydroxyl groups is 1. The van der Waals surface area contributed by atoms with Crippen LogP contribution in [0.15, 0.2) is 24.3 Å². The number of alkyl halides is 3. The van der Waals surface area contributed by atoms with Gasteiger partial charge in [-0.3, -0.25) is 0 Å². The van der Waals surface area contributed by atoms with E-state index in [4.69, 9.17) is 34.8 Å². The lowest BCUT2D eigenvalue weighted by Crippen LogP contribution is -2.01. The van der Waals surface area contributed by atoms with Gasteiger partial charge in [-0.25, -0.2) is 0 Å². The number of benzene rings is 1. The van der Waals surface area contributed by atoms with E-state index in [2.05, 4.69) is 0 Å². The number of aliphatic hydroxyl groups excluding tert-OH is 1. The second kappa shape index (κ2) is 4.05. The van der Waals surface area contributed by atoms with Gasteiger partial charge in [0.05, 0.1) is 6.10 Å². The predicted molar refractivity (Wildman–Crippen MR) is 56.3 cm³/mol. The zero-order valence-corrected chi connectivity index (χ0v) is 9.24. The van der Waals surface area contributed by atoms with Crippen LogP contribution in [0, 0.1) is 0 Å². The number of hydrogen-bond donors (Lipinski definition) is 1. The molecular weight excluding hydrogens is 230 g/mol. The van der Waals surface area contributed by atoms with E-state index in [0.717, 1.165) is 5.56 Å². The van der Waals surface area contributed by atoms with E-state index in [1.54, 1.807) is 31.2 Å². The van der Waals surface area contributed by atoms with Crippen LogP contribution in [-0.2, 0) is 3.79 Å². The van der Waals surface area contributed by atoms with Gasteiger partial charge in [0.15, 0.2) is 0 Å². The number of rotatable bonds is 1. The van der Waals surface area contributed by atoms with E-state index in [1.807, 2.05) is 0 Å². The van der Waals surface area contributed by atoms with Crippen molar-refractivity contribution in [1.82, 2.24) is 0 Å². The molecule has 0 aliphatic heterocycles. The minimum atomic E-state index is -1.43. The minimum absolute atomic E-state index is 0.549. The molecule has 1 unspecified atom stereocenters. The summed E-state index contributed by atoms with van der Waals surface area (Å²) in [6.07, 6.45) is -0.549. The minimum Gasteiger partial charge on any atom is -0.389 e. The van der Waals surface area contributed by atoms with Crippen LogP contribution >= 0.6 is 34.8 Å². The summed E-state index contributed by atoms with van der Waals surface area (Å²) in [5.41, 5.74) is 1.31. The molecule has 0 aromatic heterocycles. The van der Waals surface area contributed by atoms with Gasteiger partial charge >= 0.3 is 0 Å². The zero-order valence-electron chi connectivity index (χ0n) is 6.97. The van der Waals surface area contributed by atoms with Crippen molar-refractivity contribution < 1.29 is 5.11 Å². The molecule has 0 spiro atoms. The zero-order chi connectivity index (χ0) is 10.1. The number of halogens is 3. The highest BCUT2D eigenvalue weighted by Crippen LogP contribution is 2.38. The van der Waals surface area contributed by atoms with Gasteiger partial charge in [0, 0.05) is 5.56 Å². The Bertz CT molecular complexity index is 291.